The largest absolute Gasteiger partial charge is 0.352 e. The average molecular weight is 422 g/mol. The summed E-state index contributed by atoms with van der Waals surface area (Å²) in [5.74, 6) is 0.0586. The second-order valence-corrected chi connectivity index (χ2v) is 10.6. The van der Waals surface area contributed by atoms with E-state index in [4.69, 9.17) is 0 Å². The van der Waals surface area contributed by atoms with E-state index in [0.29, 0.717) is 38.5 Å². The third-order valence-corrected chi connectivity index (χ3v) is 8.35. The minimum absolute atomic E-state index is 0.0414. The van der Waals surface area contributed by atoms with Gasteiger partial charge in [0, 0.05) is 38.1 Å². The predicted molar refractivity (Wildman–Crippen MR) is 116 cm³/mol. The predicted octanol–water partition coefficient (Wildman–Crippen LogP) is 2.74. The van der Waals surface area contributed by atoms with Crippen molar-refractivity contribution in [1.29, 1.82) is 0 Å². The Morgan fingerprint density at radius 3 is 2.41 bits per heavy atom. The fourth-order valence-corrected chi connectivity index (χ4v) is 5.53. The number of benzene rings is 1. The van der Waals surface area contributed by atoms with Gasteiger partial charge in [-0.05, 0) is 57.2 Å². The first-order chi connectivity index (χ1) is 13.9. The molecule has 2 aliphatic rings. The van der Waals surface area contributed by atoms with Crippen LogP contribution in [0.3, 0.4) is 0 Å². The molecule has 7 heteroatoms. The summed E-state index contributed by atoms with van der Waals surface area (Å²) in [5.41, 5.74) is 2.45. The molecule has 0 aliphatic carbocycles. The minimum Gasteiger partial charge on any atom is -0.352 e. The van der Waals surface area contributed by atoms with Crippen LogP contribution in [0.4, 0.5) is 0 Å². The smallest absolute Gasteiger partial charge is 0.223 e. The van der Waals surface area contributed by atoms with Crippen molar-refractivity contribution in [3.05, 3.63) is 35.4 Å². The van der Waals surface area contributed by atoms with Crippen LogP contribution < -0.4 is 5.32 Å². The first kappa shape index (κ1) is 22.2. The minimum atomic E-state index is -3.15. The number of nitrogens with one attached hydrogen (secondary N) is 1. The maximum absolute atomic E-state index is 12.7. The molecule has 29 heavy (non-hydrogen) atoms. The van der Waals surface area contributed by atoms with Crippen LogP contribution in [0.5, 0.6) is 0 Å². The molecule has 1 aromatic carbocycles. The maximum atomic E-state index is 12.7. The van der Waals surface area contributed by atoms with Crippen LogP contribution in [-0.2, 0) is 27.9 Å². The van der Waals surface area contributed by atoms with Gasteiger partial charge in [0.25, 0.3) is 0 Å². The number of amides is 1. The van der Waals surface area contributed by atoms with Crippen LogP contribution in [0.15, 0.2) is 24.3 Å². The number of likely N-dealkylation sites (tertiary alicyclic amines) is 1. The summed E-state index contributed by atoms with van der Waals surface area (Å²) in [7, 11) is -3.15. The molecule has 162 valence electrons. The molecular weight excluding hydrogens is 386 g/mol. The second-order valence-electron chi connectivity index (χ2n) is 8.38. The maximum Gasteiger partial charge on any atom is 0.223 e. The summed E-state index contributed by atoms with van der Waals surface area (Å²) >= 11 is 0. The van der Waals surface area contributed by atoms with Crippen molar-refractivity contribution >= 4 is 15.9 Å². The van der Waals surface area contributed by atoms with Crippen molar-refractivity contribution in [3.8, 4) is 0 Å². The van der Waals surface area contributed by atoms with Crippen LogP contribution in [0, 0.1) is 5.92 Å². The third kappa shape index (κ3) is 5.80. The topological polar surface area (TPSA) is 69.7 Å². The van der Waals surface area contributed by atoms with E-state index >= 15 is 0 Å². The fourth-order valence-electron chi connectivity index (χ4n) is 4.40. The number of carbonyl (C=O) groups excluding carboxylic acids is 1. The third-order valence-electron chi connectivity index (χ3n) is 6.47. The molecule has 2 saturated heterocycles. The molecule has 0 radical (unpaired) electrons. The molecular formula is C22H35N3O3S. The molecule has 6 nitrogen and oxygen atoms in total. The van der Waals surface area contributed by atoms with Gasteiger partial charge in [0.05, 0.1) is 5.75 Å². The summed E-state index contributed by atoms with van der Waals surface area (Å²) < 4.78 is 25.5. The van der Waals surface area contributed by atoms with Gasteiger partial charge in [-0.15, -0.1) is 0 Å². The number of carbonyl (C=O) groups is 1. The van der Waals surface area contributed by atoms with Crippen molar-refractivity contribution in [2.45, 2.75) is 65.1 Å². The molecule has 0 bridgehead atoms. The Labute approximate surface area is 175 Å². The summed E-state index contributed by atoms with van der Waals surface area (Å²) in [5, 5.41) is 3.10. The number of nitrogens with zero attached hydrogens (tertiary/aromatic N) is 2. The summed E-state index contributed by atoms with van der Waals surface area (Å²) in [4.78, 5) is 15.2. The van der Waals surface area contributed by atoms with Crippen molar-refractivity contribution in [2.24, 2.45) is 5.92 Å². The van der Waals surface area contributed by atoms with Gasteiger partial charge < -0.3 is 5.32 Å². The fraction of sp³-hybridized carbons (Fsp3) is 0.682. The number of hydrogen-bond donors (Lipinski definition) is 1. The standard InChI is InChI=1S/C22H35N3O3S/c1-3-29(27,28)25-14-11-19(12-15-25)22(26)23-16-20-9-4-5-10-21(20)17-24-13-7-6-8-18(24)2/h4-5,9-10,18-19H,3,6-8,11-17H2,1-2H3,(H,23,26). The van der Waals surface area contributed by atoms with Gasteiger partial charge in [0.2, 0.25) is 15.9 Å². The van der Waals surface area contributed by atoms with Crippen LogP contribution in [0.1, 0.15) is 57.1 Å². The average Bonchev–Trinajstić information content (AvgIpc) is 2.74. The summed E-state index contributed by atoms with van der Waals surface area (Å²) in [6, 6.07) is 8.96. The molecule has 1 unspecified atom stereocenters. The summed E-state index contributed by atoms with van der Waals surface area (Å²) in [6.45, 7) is 7.45. The molecule has 0 saturated carbocycles. The van der Waals surface area contributed by atoms with Crippen molar-refractivity contribution in [2.75, 3.05) is 25.4 Å². The molecule has 0 spiro atoms. The number of piperidine rings is 2. The van der Waals surface area contributed by atoms with Gasteiger partial charge in [-0.25, -0.2) is 12.7 Å². The van der Waals surface area contributed by atoms with E-state index in [2.05, 4.69) is 35.3 Å². The molecule has 1 N–H and O–H groups in total. The molecule has 3 rings (SSSR count). The highest BCUT2D eigenvalue weighted by Crippen LogP contribution is 2.22. The number of sulfonamides is 1. The Bertz CT molecular complexity index is 788. The Hall–Kier alpha value is -1.44. The van der Waals surface area contributed by atoms with Gasteiger partial charge in [-0.2, -0.15) is 0 Å². The first-order valence-corrected chi connectivity index (χ1v) is 12.6. The van der Waals surface area contributed by atoms with Crippen molar-refractivity contribution in [1.82, 2.24) is 14.5 Å². The summed E-state index contributed by atoms with van der Waals surface area (Å²) in [6.07, 6.45) is 5.02. The van der Waals surface area contributed by atoms with E-state index in [0.717, 1.165) is 13.1 Å². The molecule has 2 fully saturated rings. The zero-order valence-corrected chi connectivity index (χ0v) is 18.6. The van der Waals surface area contributed by atoms with Crippen LogP contribution >= 0.6 is 0 Å². The molecule has 2 aliphatic heterocycles. The van der Waals surface area contributed by atoms with Gasteiger partial charge in [-0.3, -0.25) is 9.69 Å². The van der Waals surface area contributed by atoms with Crippen LogP contribution in [-0.4, -0.2) is 55.0 Å². The Morgan fingerprint density at radius 1 is 1.07 bits per heavy atom. The molecule has 2 heterocycles. The highest BCUT2D eigenvalue weighted by atomic mass is 32.2. The quantitative estimate of drug-likeness (QED) is 0.735. The Kier molecular flexibility index (Phi) is 7.71. The van der Waals surface area contributed by atoms with Crippen molar-refractivity contribution < 1.29 is 13.2 Å². The highest BCUT2D eigenvalue weighted by molar-refractivity contribution is 7.89. The monoisotopic (exact) mass is 421 g/mol. The lowest BCUT2D eigenvalue weighted by atomic mass is 9.97. The lowest BCUT2D eigenvalue weighted by Gasteiger charge is -2.34. The highest BCUT2D eigenvalue weighted by Gasteiger charge is 2.30. The van der Waals surface area contributed by atoms with E-state index in [9.17, 15) is 13.2 Å². The van der Waals surface area contributed by atoms with Gasteiger partial charge >= 0.3 is 0 Å². The van der Waals surface area contributed by atoms with E-state index in [1.54, 1.807) is 6.92 Å². The molecule has 1 aromatic rings. The normalized spacial score (nSPS) is 22.5. The van der Waals surface area contributed by atoms with Gasteiger partial charge in [0.15, 0.2) is 0 Å². The van der Waals surface area contributed by atoms with Crippen molar-refractivity contribution in [3.63, 3.8) is 0 Å². The second kappa shape index (κ2) is 10.0. The van der Waals surface area contributed by atoms with E-state index in [1.807, 2.05) is 6.07 Å². The molecule has 1 amide bonds. The van der Waals surface area contributed by atoms with Gasteiger partial charge in [0.1, 0.15) is 0 Å². The molecule has 0 aromatic heterocycles. The zero-order valence-electron chi connectivity index (χ0n) is 17.8. The number of hydrogen-bond acceptors (Lipinski definition) is 4. The van der Waals surface area contributed by atoms with Crippen LogP contribution in [0.25, 0.3) is 0 Å². The van der Waals surface area contributed by atoms with E-state index in [1.165, 1.54) is 34.7 Å². The molecule has 1 atom stereocenters. The lowest BCUT2D eigenvalue weighted by molar-refractivity contribution is -0.126. The van der Waals surface area contributed by atoms with Crippen LogP contribution in [0.2, 0.25) is 0 Å². The van der Waals surface area contributed by atoms with Gasteiger partial charge in [-0.1, -0.05) is 30.7 Å². The SMILES string of the molecule is CCS(=O)(=O)N1CCC(C(=O)NCc2ccccc2CN2CCCCC2C)CC1. The zero-order chi connectivity index (χ0) is 20.9. The Morgan fingerprint density at radius 2 is 1.76 bits per heavy atom. The Balaban J connectivity index is 1.53. The lowest BCUT2D eigenvalue weighted by Crippen LogP contribution is -2.43. The first-order valence-electron chi connectivity index (χ1n) is 11.0. The van der Waals surface area contributed by atoms with E-state index in [-0.39, 0.29) is 17.6 Å². The van der Waals surface area contributed by atoms with E-state index < -0.39 is 10.0 Å². The number of rotatable bonds is 7.